The maximum Gasteiger partial charge on any atom is 0.0826 e. The number of nitrogens with zero attached hydrogens (tertiary/aromatic N) is 1. The highest BCUT2D eigenvalue weighted by atomic mass is 16.5. The smallest absolute Gasteiger partial charge is 0.0826 e. The number of rotatable bonds is 2. The van der Waals surface area contributed by atoms with Crippen molar-refractivity contribution in [2.24, 2.45) is 5.41 Å². The summed E-state index contributed by atoms with van der Waals surface area (Å²) < 4.78 is 5.74. The summed E-state index contributed by atoms with van der Waals surface area (Å²) >= 11 is 0. The van der Waals surface area contributed by atoms with Crippen molar-refractivity contribution in [2.75, 3.05) is 39.3 Å². The topological polar surface area (TPSA) is 24.5 Å². The highest BCUT2D eigenvalue weighted by molar-refractivity contribution is 4.82. The van der Waals surface area contributed by atoms with Crippen LogP contribution in [0.15, 0.2) is 0 Å². The van der Waals surface area contributed by atoms with E-state index in [0.717, 1.165) is 26.2 Å². The molecule has 0 aliphatic carbocycles. The number of hydrogen-bond acceptors (Lipinski definition) is 3. The molecule has 2 aliphatic heterocycles. The Labute approximate surface area is 93.2 Å². The predicted molar refractivity (Wildman–Crippen MR) is 62.1 cm³/mol. The van der Waals surface area contributed by atoms with Crippen molar-refractivity contribution in [1.29, 1.82) is 0 Å². The molecule has 0 aromatic rings. The molecular weight excluding hydrogens is 188 g/mol. The van der Waals surface area contributed by atoms with Gasteiger partial charge in [-0.1, -0.05) is 13.8 Å². The van der Waals surface area contributed by atoms with Gasteiger partial charge in [0.25, 0.3) is 0 Å². The zero-order valence-corrected chi connectivity index (χ0v) is 10.1. The average molecular weight is 212 g/mol. The third-order valence-corrected chi connectivity index (χ3v) is 3.45. The third-order valence-electron chi connectivity index (χ3n) is 3.45. The van der Waals surface area contributed by atoms with Crippen LogP contribution in [-0.4, -0.2) is 50.3 Å². The number of hydrogen-bond donors (Lipinski definition) is 1. The maximum atomic E-state index is 5.74. The summed E-state index contributed by atoms with van der Waals surface area (Å²) in [5.74, 6) is 0. The van der Waals surface area contributed by atoms with E-state index < -0.39 is 0 Å². The zero-order chi connectivity index (χ0) is 10.7. The summed E-state index contributed by atoms with van der Waals surface area (Å²) in [5, 5.41) is 3.39. The number of morpholine rings is 1. The van der Waals surface area contributed by atoms with Crippen molar-refractivity contribution in [3.8, 4) is 0 Å². The summed E-state index contributed by atoms with van der Waals surface area (Å²) in [6.45, 7) is 11.3. The maximum absolute atomic E-state index is 5.74. The summed E-state index contributed by atoms with van der Waals surface area (Å²) in [6.07, 6.45) is 3.12. The standard InChI is InChI=1S/C12H24N2O/c1-12(2)4-3-6-14(10-12)9-11-8-13-5-7-15-11/h11,13H,3-10H2,1-2H3. The van der Waals surface area contributed by atoms with Gasteiger partial charge in [-0.15, -0.1) is 0 Å². The van der Waals surface area contributed by atoms with Gasteiger partial charge in [-0.2, -0.15) is 0 Å². The van der Waals surface area contributed by atoms with Gasteiger partial charge in [0.15, 0.2) is 0 Å². The highest BCUT2D eigenvalue weighted by Gasteiger charge is 2.28. The van der Waals surface area contributed by atoms with Gasteiger partial charge in [0.2, 0.25) is 0 Å². The van der Waals surface area contributed by atoms with E-state index in [4.69, 9.17) is 4.74 Å². The van der Waals surface area contributed by atoms with Gasteiger partial charge in [-0.05, 0) is 24.8 Å². The Kier molecular flexibility index (Phi) is 3.65. The predicted octanol–water partition coefficient (Wildman–Crippen LogP) is 1.10. The van der Waals surface area contributed by atoms with Crippen LogP contribution >= 0.6 is 0 Å². The van der Waals surface area contributed by atoms with Gasteiger partial charge < -0.3 is 15.0 Å². The lowest BCUT2D eigenvalue weighted by Crippen LogP contribution is -2.49. The van der Waals surface area contributed by atoms with Crippen molar-refractivity contribution in [1.82, 2.24) is 10.2 Å². The largest absolute Gasteiger partial charge is 0.374 e. The zero-order valence-electron chi connectivity index (χ0n) is 10.1. The molecule has 3 nitrogen and oxygen atoms in total. The van der Waals surface area contributed by atoms with Crippen LogP contribution in [0.2, 0.25) is 0 Å². The quantitative estimate of drug-likeness (QED) is 0.742. The molecular formula is C12H24N2O. The van der Waals surface area contributed by atoms with E-state index in [9.17, 15) is 0 Å². The van der Waals surface area contributed by atoms with Crippen molar-refractivity contribution >= 4 is 0 Å². The Hall–Kier alpha value is -0.120. The van der Waals surface area contributed by atoms with Crippen molar-refractivity contribution in [3.05, 3.63) is 0 Å². The summed E-state index contributed by atoms with van der Waals surface area (Å²) in [6, 6.07) is 0. The first-order chi connectivity index (χ1) is 7.16. The molecule has 0 saturated carbocycles. The minimum atomic E-state index is 0.410. The lowest BCUT2D eigenvalue weighted by molar-refractivity contribution is -0.00923. The highest BCUT2D eigenvalue weighted by Crippen LogP contribution is 2.28. The number of piperidine rings is 1. The van der Waals surface area contributed by atoms with E-state index in [1.807, 2.05) is 0 Å². The Morgan fingerprint density at radius 3 is 3.00 bits per heavy atom. The lowest BCUT2D eigenvalue weighted by Gasteiger charge is -2.40. The molecule has 2 saturated heterocycles. The van der Waals surface area contributed by atoms with Crippen LogP contribution in [0.3, 0.4) is 0 Å². The lowest BCUT2D eigenvalue weighted by atomic mass is 9.84. The van der Waals surface area contributed by atoms with Gasteiger partial charge in [0, 0.05) is 26.2 Å². The van der Waals surface area contributed by atoms with Gasteiger partial charge in [-0.25, -0.2) is 0 Å². The molecule has 88 valence electrons. The molecule has 2 fully saturated rings. The SMILES string of the molecule is CC1(C)CCCN(CC2CNCCO2)C1. The number of ether oxygens (including phenoxy) is 1. The first kappa shape index (κ1) is 11.4. The molecule has 0 amide bonds. The molecule has 1 atom stereocenters. The molecule has 3 heteroatoms. The van der Waals surface area contributed by atoms with E-state index >= 15 is 0 Å². The number of nitrogens with one attached hydrogen (secondary N) is 1. The van der Waals surface area contributed by atoms with Gasteiger partial charge in [-0.3, -0.25) is 0 Å². The second kappa shape index (κ2) is 4.81. The molecule has 15 heavy (non-hydrogen) atoms. The normalized spacial score (nSPS) is 32.8. The summed E-state index contributed by atoms with van der Waals surface area (Å²) in [4.78, 5) is 2.57. The van der Waals surface area contributed by atoms with Crippen LogP contribution in [0.5, 0.6) is 0 Å². The second-order valence-corrected chi connectivity index (χ2v) is 5.70. The monoisotopic (exact) mass is 212 g/mol. The molecule has 2 rings (SSSR count). The fourth-order valence-corrected chi connectivity index (χ4v) is 2.73. The molecule has 0 bridgehead atoms. The first-order valence-corrected chi connectivity index (χ1v) is 6.20. The van der Waals surface area contributed by atoms with Crippen LogP contribution in [0, 0.1) is 5.41 Å². The molecule has 2 heterocycles. The Balaban J connectivity index is 1.78. The third kappa shape index (κ3) is 3.44. The van der Waals surface area contributed by atoms with E-state index in [0.29, 0.717) is 11.5 Å². The fraction of sp³-hybridized carbons (Fsp3) is 1.00. The minimum Gasteiger partial charge on any atom is -0.374 e. The molecule has 1 N–H and O–H groups in total. The van der Waals surface area contributed by atoms with Crippen LogP contribution in [-0.2, 0) is 4.74 Å². The molecule has 1 unspecified atom stereocenters. The molecule has 0 spiro atoms. The van der Waals surface area contributed by atoms with Gasteiger partial charge in [0.05, 0.1) is 12.7 Å². The van der Waals surface area contributed by atoms with Crippen molar-refractivity contribution in [3.63, 3.8) is 0 Å². The van der Waals surface area contributed by atoms with Gasteiger partial charge >= 0.3 is 0 Å². The molecule has 0 aromatic heterocycles. The Morgan fingerprint density at radius 1 is 1.47 bits per heavy atom. The average Bonchev–Trinajstić information content (AvgIpc) is 2.17. The molecule has 0 radical (unpaired) electrons. The van der Waals surface area contributed by atoms with Crippen LogP contribution in [0.1, 0.15) is 26.7 Å². The van der Waals surface area contributed by atoms with E-state index in [1.165, 1.54) is 25.9 Å². The van der Waals surface area contributed by atoms with E-state index in [1.54, 1.807) is 0 Å². The molecule has 2 aliphatic rings. The van der Waals surface area contributed by atoms with E-state index in [-0.39, 0.29) is 0 Å². The van der Waals surface area contributed by atoms with Crippen molar-refractivity contribution < 1.29 is 4.74 Å². The fourth-order valence-electron chi connectivity index (χ4n) is 2.73. The van der Waals surface area contributed by atoms with E-state index in [2.05, 4.69) is 24.1 Å². The van der Waals surface area contributed by atoms with Gasteiger partial charge in [0.1, 0.15) is 0 Å². The van der Waals surface area contributed by atoms with Crippen LogP contribution in [0.4, 0.5) is 0 Å². The first-order valence-electron chi connectivity index (χ1n) is 6.20. The summed E-state index contributed by atoms with van der Waals surface area (Å²) in [5.41, 5.74) is 0.500. The second-order valence-electron chi connectivity index (χ2n) is 5.70. The summed E-state index contributed by atoms with van der Waals surface area (Å²) in [7, 11) is 0. The molecule has 0 aromatic carbocycles. The van der Waals surface area contributed by atoms with Crippen LogP contribution in [0.25, 0.3) is 0 Å². The Bertz CT molecular complexity index is 200. The minimum absolute atomic E-state index is 0.410. The Morgan fingerprint density at radius 2 is 2.33 bits per heavy atom. The number of likely N-dealkylation sites (tertiary alicyclic amines) is 1. The van der Waals surface area contributed by atoms with Crippen molar-refractivity contribution in [2.45, 2.75) is 32.8 Å². The van der Waals surface area contributed by atoms with Crippen LogP contribution < -0.4 is 5.32 Å².